The summed E-state index contributed by atoms with van der Waals surface area (Å²) >= 11 is 0. The lowest BCUT2D eigenvalue weighted by molar-refractivity contribution is 0.0953. The predicted octanol–water partition coefficient (Wildman–Crippen LogP) is 1.19. The van der Waals surface area contributed by atoms with E-state index in [4.69, 9.17) is 5.11 Å². The first-order valence-electron chi connectivity index (χ1n) is 6.57. The summed E-state index contributed by atoms with van der Waals surface area (Å²) in [6.07, 6.45) is 2.34. The lowest BCUT2D eigenvalue weighted by atomic mass is 10.1. The number of aliphatic hydroxyl groups is 1. The first-order chi connectivity index (χ1) is 9.61. The number of aromatic nitrogens is 2. The molecule has 2 rings (SSSR count). The third-order valence-corrected chi connectivity index (χ3v) is 3.38. The standard InChI is InChI=1S/C15H19N3O2/c1-11-14(9-17-18(11)2)15(20)16-8-7-12-3-5-13(10-19)6-4-12/h3-6,9,19H,7-8,10H2,1-2H3,(H,16,20). The van der Waals surface area contributed by atoms with Gasteiger partial charge in [-0.2, -0.15) is 5.10 Å². The third kappa shape index (κ3) is 3.24. The maximum absolute atomic E-state index is 12.0. The highest BCUT2D eigenvalue weighted by atomic mass is 16.3. The van der Waals surface area contributed by atoms with Gasteiger partial charge in [0.1, 0.15) is 0 Å². The lowest BCUT2D eigenvalue weighted by Gasteiger charge is -2.06. The number of benzene rings is 1. The molecule has 0 saturated carbocycles. The van der Waals surface area contributed by atoms with Crippen LogP contribution in [-0.2, 0) is 20.1 Å². The van der Waals surface area contributed by atoms with Crippen LogP contribution in [0.25, 0.3) is 0 Å². The summed E-state index contributed by atoms with van der Waals surface area (Å²) in [7, 11) is 1.81. The van der Waals surface area contributed by atoms with E-state index in [2.05, 4.69) is 10.4 Å². The molecule has 106 valence electrons. The van der Waals surface area contributed by atoms with E-state index in [1.807, 2.05) is 38.2 Å². The van der Waals surface area contributed by atoms with Crippen molar-refractivity contribution in [1.29, 1.82) is 0 Å². The Hall–Kier alpha value is -2.14. The fourth-order valence-electron chi connectivity index (χ4n) is 1.95. The third-order valence-electron chi connectivity index (χ3n) is 3.38. The molecular formula is C15H19N3O2. The normalized spacial score (nSPS) is 10.6. The topological polar surface area (TPSA) is 67.2 Å². The zero-order valence-corrected chi connectivity index (χ0v) is 11.8. The molecule has 0 radical (unpaired) electrons. The highest BCUT2D eigenvalue weighted by molar-refractivity contribution is 5.94. The molecule has 0 aliphatic carbocycles. The quantitative estimate of drug-likeness (QED) is 0.860. The van der Waals surface area contributed by atoms with Crippen LogP contribution in [0.1, 0.15) is 27.2 Å². The van der Waals surface area contributed by atoms with E-state index in [9.17, 15) is 4.79 Å². The molecule has 0 unspecified atom stereocenters. The summed E-state index contributed by atoms with van der Waals surface area (Å²) in [6.45, 7) is 2.50. The smallest absolute Gasteiger partial charge is 0.254 e. The summed E-state index contributed by atoms with van der Waals surface area (Å²) in [5, 5.41) is 15.9. The molecule has 2 N–H and O–H groups in total. The van der Waals surface area contributed by atoms with E-state index >= 15 is 0 Å². The van der Waals surface area contributed by atoms with Gasteiger partial charge in [-0.1, -0.05) is 24.3 Å². The number of hydrogen-bond acceptors (Lipinski definition) is 3. The number of nitrogens with one attached hydrogen (secondary N) is 1. The van der Waals surface area contributed by atoms with Gasteiger partial charge in [-0.3, -0.25) is 9.48 Å². The second-order valence-corrected chi connectivity index (χ2v) is 4.75. The molecule has 1 amide bonds. The number of carbonyl (C=O) groups is 1. The Morgan fingerprint density at radius 2 is 1.95 bits per heavy atom. The highest BCUT2D eigenvalue weighted by Gasteiger charge is 2.11. The van der Waals surface area contributed by atoms with Crippen molar-refractivity contribution < 1.29 is 9.90 Å². The van der Waals surface area contributed by atoms with Gasteiger partial charge in [0, 0.05) is 19.3 Å². The fraction of sp³-hybridized carbons (Fsp3) is 0.333. The van der Waals surface area contributed by atoms with E-state index < -0.39 is 0 Å². The van der Waals surface area contributed by atoms with Crippen molar-refractivity contribution in [3.05, 3.63) is 52.8 Å². The predicted molar refractivity (Wildman–Crippen MR) is 76.3 cm³/mol. The van der Waals surface area contributed by atoms with Crippen LogP contribution in [0.5, 0.6) is 0 Å². The number of hydrogen-bond donors (Lipinski definition) is 2. The summed E-state index contributed by atoms with van der Waals surface area (Å²) in [6, 6.07) is 7.71. The molecule has 0 atom stereocenters. The number of aryl methyl sites for hydroxylation is 1. The van der Waals surface area contributed by atoms with Gasteiger partial charge in [0.05, 0.1) is 18.4 Å². The number of nitrogens with zero attached hydrogens (tertiary/aromatic N) is 2. The van der Waals surface area contributed by atoms with Crippen LogP contribution >= 0.6 is 0 Å². The van der Waals surface area contributed by atoms with Crippen molar-refractivity contribution in [2.24, 2.45) is 7.05 Å². The maximum atomic E-state index is 12.0. The van der Waals surface area contributed by atoms with Crippen molar-refractivity contribution in [3.8, 4) is 0 Å². The Morgan fingerprint density at radius 3 is 2.50 bits per heavy atom. The molecule has 1 aromatic heterocycles. The molecule has 0 bridgehead atoms. The van der Waals surface area contributed by atoms with Gasteiger partial charge in [0.15, 0.2) is 0 Å². The van der Waals surface area contributed by atoms with Crippen LogP contribution in [0.3, 0.4) is 0 Å². The minimum absolute atomic E-state index is 0.0529. The molecular weight excluding hydrogens is 254 g/mol. The summed E-state index contributed by atoms with van der Waals surface area (Å²) < 4.78 is 1.68. The van der Waals surface area contributed by atoms with E-state index in [0.29, 0.717) is 12.1 Å². The van der Waals surface area contributed by atoms with E-state index in [1.165, 1.54) is 0 Å². The molecule has 5 nitrogen and oxygen atoms in total. The molecule has 0 spiro atoms. The first-order valence-corrected chi connectivity index (χ1v) is 6.57. The Labute approximate surface area is 118 Å². The average Bonchev–Trinajstić information content (AvgIpc) is 2.80. The molecule has 20 heavy (non-hydrogen) atoms. The molecule has 1 aromatic carbocycles. The van der Waals surface area contributed by atoms with Gasteiger partial charge >= 0.3 is 0 Å². The van der Waals surface area contributed by atoms with E-state index in [1.54, 1.807) is 10.9 Å². The molecule has 0 aliphatic heterocycles. The minimum Gasteiger partial charge on any atom is -0.392 e. The Bertz CT molecular complexity index is 588. The van der Waals surface area contributed by atoms with Crippen LogP contribution < -0.4 is 5.32 Å². The summed E-state index contributed by atoms with van der Waals surface area (Å²) in [5.41, 5.74) is 3.49. The number of rotatable bonds is 5. The average molecular weight is 273 g/mol. The highest BCUT2D eigenvalue weighted by Crippen LogP contribution is 2.06. The van der Waals surface area contributed by atoms with Crippen LogP contribution in [0.4, 0.5) is 0 Å². The summed E-state index contributed by atoms with van der Waals surface area (Å²) in [4.78, 5) is 12.0. The van der Waals surface area contributed by atoms with Gasteiger partial charge < -0.3 is 10.4 Å². The fourth-order valence-corrected chi connectivity index (χ4v) is 1.95. The molecule has 0 saturated heterocycles. The second kappa shape index (κ2) is 6.34. The number of carbonyl (C=O) groups excluding carboxylic acids is 1. The van der Waals surface area contributed by atoms with Crippen molar-refractivity contribution in [1.82, 2.24) is 15.1 Å². The molecule has 1 heterocycles. The van der Waals surface area contributed by atoms with Crippen LogP contribution in [0.15, 0.2) is 30.5 Å². The Morgan fingerprint density at radius 1 is 1.30 bits per heavy atom. The molecule has 0 fully saturated rings. The largest absolute Gasteiger partial charge is 0.392 e. The van der Waals surface area contributed by atoms with Crippen molar-refractivity contribution in [2.75, 3.05) is 6.54 Å². The summed E-state index contributed by atoms with van der Waals surface area (Å²) in [5.74, 6) is -0.0948. The number of aliphatic hydroxyl groups excluding tert-OH is 1. The molecule has 2 aromatic rings. The monoisotopic (exact) mass is 273 g/mol. The van der Waals surface area contributed by atoms with Crippen molar-refractivity contribution in [3.63, 3.8) is 0 Å². The SMILES string of the molecule is Cc1c(C(=O)NCCc2ccc(CO)cc2)cnn1C. The molecule has 0 aliphatic rings. The maximum Gasteiger partial charge on any atom is 0.254 e. The lowest BCUT2D eigenvalue weighted by Crippen LogP contribution is -2.26. The minimum atomic E-state index is -0.0948. The van der Waals surface area contributed by atoms with Crippen LogP contribution in [0, 0.1) is 6.92 Å². The zero-order chi connectivity index (χ0) is 14.5. The number of amides is 1. The zero-order valence-electron chi connectivity index (χ0n) is 11.8. The van der Waals surface area contributed by atoms with Gasteiger partial charge in [-0.15, -0.1) is 0 Å². The van der Waals surface area contributed by atoms with E-state index in [-0.39, 0.29) is 12.5 Å². The van der Waals surface area contributed by atoms with Gasteiger partial charge in [-0.05, 0) is 24.5 Å². The van der Waals surface area contributed by atoms with Crippen LogP contribution in [-0.4, -0.2) is 27.3 Å². The second-order valence-electron chi connectivity index (χ2n) is 4.75. The van der Waals surface area contributed by atoms with Crippen molar-refractivity contribution >= 4 is 5.91 Å². The van der Waals surface area contributed by atoms with Gasteiger partial charge in [0.2, 0.25) is 0 Å². The van der Waals surface area contributed by atoms with Gasteiger partial charge in [0.25, 0.3) is 5.91 Å². The van der Waals surface area contributed by atoms with Gasteiger partial charge in [-0.25, -0.2) is 0 Å². The Kier molecular flexibility index (Phi) is 4.53. The first kappa shape index (κ1) is 14.3. The Balaban J connectivity index is 1.86. The van der Waals surface area contributed by atoms with Crippen LogP contribution in [0.2, 0.25) is 0 Å². The molecule has 5 heteroatoms. The van der Waals surface area contributed by atoms with Crippen molar-refractivity contribution in [2.45, 2.75) is 20.0 Å². The van der Waals surface area contributed by atoms with E-state index in [0.717, 1.165) is 23.2 Å².